The third-order valence-electron chi connectivity index (χ3n) is 3.10. The Balaban J connectivity index is 2.34. The fourth-order valence-corrected chi connectivity index (χ4v) is 2.15. The Labute approximate surface area is 96.6 Å². The van der Waals surface area contributed by atoms with Gasteiger partial charge < -0.3 is 14.8 Å². The highest BCUT2D eigenvalue weighted by atomic mass is 16.3. The molecule has 0 aromatic carbocycles. The molecule has 1 heterocycles. The summed E-state index contributed by atoms with van der Waals surface area (Å²) in [6.45, 7) is 3.26. The fourth-order valence-electron chi connectivity index (χ4n) is 2.15. The second kappa shape index (κ2) is 6.63. The number of hydrogen-bond acceptors (Lipinski definition) is 3. The van der Waals surface area contributed by atoms with Crippen LogP contribution >= 0.6 is 0 Å². The molecule has 1 N–H and O–H groups in total. The standard InChI is InChI=1S/C12H21NO3/c1-10(15)4-5-12(16)13-7-2-3-11(9-13)6-8-14/h11,14H,2-9H2,1H3. The molecule has 92 valence electrons. The van der Waals surface area contributed by atoms with Gasteiger partial charge in [0.25, 0.3) is 0 Å². The maximum atomic E-state index is 11.8. The van der Waals surface area contributed by atoms with E-state index >= 15 is 0 Å². The lowest BCUT2D eigenvalue weighted by atomic mass is 9.95. The van der Waals surface area contributed by atoms with E-state index in [2.05, 4.69) is 0 Å². The molecule has 4 heteroatoms. The number of Topliss-reactive ketones (excluding diaryl/α,β-unsaturated/α-hetero) is 1. The summed E-state index contributed by atoms with van der Waals surface area (Å²) < 4.78 is 0. The summed E-state index contributed by atoms with van der Waals surface area (Å²) in [5.74, 6) is 0.579. The van der Waals surface area contributed by atoms with Gasteiger partial charge >= 0.3 is 0 Å². The summed E-state index contributed by atoms with van der Waals surface area (Å²) in [5, 5.41) is 8.87. The molecule has 1 aliphatic rings. The molecule has 4 nitrogen and oxygen atoms in total. The quantitative estimate of drug-likeness (QED) is 0.761. The second-order valence-corrected chi connectivity index (χ2v) is 4.56. The Kier molecular flexibility index (Phi) is 5.46. The van der Waals surface area contributed by atoms with E-state index in [0.29, 0.717) is 18.8 Å². The van der Waals surface area contributed by atoms with Crippen molar-refractivity contribution in [3.8, 4) is 0 Å². The van der Waals surface area contributed by atoms with Gasteiger partial charge in [0.05, 0.1) is 0 Å². The highest BCUT2D eigenvalue weighted by Crippen LogP contribution is 2.19. The van der Waals surface area contributed by atoms with Crippen molar-refractivity contribution in [2.24, 2.45) is 5.92 Å². The van der Waals surface area contributed by atoms with Crippen LogP contribution in [0.2, 0.25) is 0 Å². The molecule has 0 aliphatic carbocycles. The first-order chi connectivity index (χ1) is 7.63. The molecule has 1 saturated heterocycles. The molecule has 1 rings (SSSR count). The zero-order valence-corrected chi connectivity index (χ0v) is 9.95. The molecule has 0 spiro atoms. The van der Waals surface area contributed by atoms with Crippen molar-refractivity contribution in [3.05, 3.63) is 0 Å². The number of amides is 1. The van der Waals surface area contributed by atoms with Crippen LogP contribution in [0.4, 0.5) is 0 Å². The second-order valence-electron chi connectivity index (χ2n) is 4.56. The van der Waals surface area contributed by atoms with Gasteiger partial charge in [0.1, 0.15) is 5.78 Å². The van der Waals surface area contributed by atoms with E-state index in [1.165, 1.54) is 6.92 Å². The molecule has 16 heavy (non-hydrogen) atoms. The van der Waals surface area contributed by atoms with Gasteiger partial charge in [-0.1, -0.05) is 0 Å². The van der Waals surface area contributed by atoms with Crippen molar-refractivity contribution in [2.75, 3.05) is 19.7 Å². The number of hydrogen-bond donors (Lipinski definition) is 1. The molecule has 0 saturated carbocycles. The van der Waals surface area contributed by atoms with Crippen LogP contribution in [0.15, 0.2) is 0 Å². The van der Waals surface area contributed by atoms with Crippen molar-refractivity contribution in [2.45, 2.75) is 39.0 Å². The van der Waals surface area contributed by atoms with Crippen molar-refractivity contribution in [1.82, 2.24) is 4.90 Å². The van der Waals surface area contributed by atoms with Crippen LogP contribution in [-0.2, 0) is 9.59 Å². The number of carbonyl (C=O) groups excluding carboxylic acids is 2. The van der Waals surface area contributed by atoms with E-state index < -0.39 is 0 Å². The van der Waals surface area contributed by atoms with Crippen molar-refractivity contribution in [3.63, 3.8) is 0 Å². The summed E-state index contributed by atoms with van der Waals surface area (Å²) >= 11 is 0. The predicted molar refractivity (Wildman–Crippen MR) is 60.9 cm³/mol. The van der Waals surface area contributed by atoms with Crippen LogP contribution in [0, 0.1) is 5.92 Å². The molecule has 0 bridgehead atoms. The molecule has 0 aromatic heterocycles. The van der Waals surface area contributed by atoms with Gasteiger partial charge in [-0.2, -0.15) is 0 Å². The van der Waals surface area contributed by atoms with Gasteiger partial charge in [-0.15, -0.1) is 0 Å². The molecule has 1 aliphatic heterocycles. The largest absolute Gasteiger partial charge is 0.396 e. The van der Waals surface area contributed by atoms with Gasteiger partial charge in [-0.3, -0.25) is 4.79 Å². The molecular formula is C12H21NO3. The monoisotopic (exact) mass is 227 g/mol. The number of aliphatic hydroxyl groups is 1. The van der Waals surface area contributed by atoms with Gasteiger partial charge in [0, 0.05) is 32.5 Å². The number of nitrogens with zero attached hydrogens (tertiary/aromatic N) is 1. The van der Waals surface area contributed by atoms with E-state index in [4.69, 9.17) is 5.11 Å². The average molecular weight is 227 g/mol. The van der Waals surface area contributed by atoms with Gasteiger partial charge in [0.15, 0.2) is 0 Å². The van der Waals surface area contributed by atoms with E-state index in [0.717, 1.165) is 32.4 Å². The third-order valence-corrected chi connectivity index (χ3v) is 3.10. The lowest BCUT2D eigenvalue weighted by Crippen LogP contribution is -2.40. The maximum absolute atomic E-state index is 11.8. The van der Waals surface area contributed by atoms with E-state index in [1.807, 2.05) is 4.90 Å². The van der Waals surface area contributed by atoms with E-state index in [-0.39, 0.29) is 18.3 Å². The highest BCUT2D eigenvalue weighted by Gasteiger charge is 2.22. The first-order valence-electron chi connectivity index (χ1n) is 6.01. The van der Waals surface area contributed by atoms with Crippen LogP contribution in [0.3, 0.4) is 0 Å². The summed E-state index contributed by atoms with van der Waals surface area (Å²) in [6.07, 6.45) is 3.56. The maximum Gasteiger partial charge on any atom is 0.223 e. The Morgan fingerprint density at radius 1 is 1.38 bits per heavy atom. The summed E-state index contributed by atoms with van der Waals surface area (Å²) in [4.78, 5) is 24.4. The van der Waals surface area contributed by atoms with Crippen LogP contribution in [-0.4, -0.2) is 41.4 Å². The number of aliphatic hydroxyl groups excluding tert-OH is 1. The third kappa shape index (κ3) is 4.31. The molecule has 1 amide bonds. The van der Waals surface area contributed by atoms with Crippen LogP contribution < -0.4 is 0 Å². The summed E-state index contributed by atoms with van der Waals surface area (Å²) in [6, 6.07) is 0. The van der Waals surface area contributed by atoms with Crippen molar-refractivity contribution >= 4 is 11.7 Å². The number of piperidine rings is 1. The normalized spacial score (nSPS) is 20.9. The first-order valence-corrected chi connectivity index (χ1v) is 6.01. The zero-order chi connectivity index (χ0) is 12.0. The first kappa shape index (κ1) is 13.2. The Hall–Kier alpha value is -0.900. The van der Waals surface area contributed by atoms with Crippen LogP contribution in [0.5, 0.6) is 0 Å². The topological polar surface area (TPSA) is 57.6 Å². The minimum absolute atomic E-state index is 0.0669. The lowest BCUT2D eigenvalue weighted by Gasteiger charge is -2.32. The zero-order valence-electron chi connectivity index (χ0n) is 9.95. The van der Waals surface area contributed by atoms with Gasteiger partial charge in [0.2, 0.25) is 5.91 Å². The molecule has 1 unspecified atom stereocenters. The van der Waals surface area contributed by atoms with E-state index in [9.17, 15) is 9.59 Å². The van der Waals surface area contributed by atoms with E-state index in [1.54, 1.807) is 0 Å². The van der Waals surface area contributed by atoms with Gasteiger partial charge in [-0.05, 0) is 32.1 Å². The number of ketones is 1. The molecule has 1 atom stereocenters. The average Bonchev–Trinajstić information content (AvgIpc) is 2.26. The number of rotatable bonds is 5. The number of likely N-dealkylation sites (tertiary alicyclic amines) is 1. The molecule has 0 radical (unpaired) electrons. The molecular weight excluding hydrogens is 206 g/mol. The van der Waals surface area contributed by atoms with Gasteiger partial charge in [-0.25, -0.2) is 0 Å². The molecule has 0 aromatic rings. The predicted octanol–water partition coefficient (Wildman–Crippen LogP) is 0.977. The fraction of sp³-hybridized carbons (Fsp3) is 0.833. The van der Waals surface area contributed by atoms with Crippen LogP contribution in [0.1, 0.15) is 39.0 Å². The number of carbonyl (C=O) groups is 2. The van der Waals surface area contributed by atoms with Crippen LogP contribution in [0.25, 0.3) is 0 Å². The Morgan fingerprint density at radius 2 is 2.12 bits per heavy atom. The minimum Gasteiger partial charge on any atom is -0.396 e. The minimum atomic E-state index is 0.0669. The Morgan fingerprint density at radius 3 is 2.75 bits per heavy atom. The highest BCUT2D eigenvalue weighted by molar-refractivity contribution is 5.83. The summed E-state index contributed by atoms with van der Waals surface area (Å²) in [5.41, 5.74) is 0. The SMILES string of the molecule is CC(=O)CCC(=O)N1CCCC(CCO)C1. The smallest absolute Gasteiger partial charge is 0.223 e. The lowest BCUT2D eigenvalue weighted by molar-refractivity contribution is -0.134. The molecule has 1 fully saturated rings. The van der Waals surface area contributed by atoms with Crippen molar-refractivity contribution in [1.29, 1.82) is 0 Å². The Bertz CT molecular complexity index is 251. The van der Waals surface area contributed by atoms with Crippen molar-refractivity contribution < 1.29 is 14.7 Å². The summed E-state index contributed by atoms with van der Waals surface area (Å²) in [7, 11) is 0.